The number of aromatic carboxylic acids is 1. The van der Waals surface area contributed by atoms with Crippen LogP contribution in [0.3, 0.4) is 0 Å². The number of carboxylic acids is 1. The molecule has 1 saturated heterocycles. The van der Waals surface area contributed by atoms with Gasteiger partial charge in [0.05, 0.1) is 16.7 Å². The van der Waals surface area contributed by atoms with Gasteiger partial charge in [0.15, 0.2) is 0 Å². The fourth-order valence-corrected chi connectivity index (χ4v) is 4.07. The number of carbonyl (C=O) groups is 1. The van der Waals surface area contributed by atoms with Crippen molar-refractivity contribution in [1.82, 2.24) is 4.31 Å². The van der Waals surface area contributed by atoms with E-state index in [0.717, 1.165) is 6.07 Å². The standard InChI is InChI=1S/C12H14ClNO5S/c1-19-9-4-5-14(7-9)20(17,18)11-6-8(12(15)16)2-3-10(11)13/h2-3,6,9H,4-5,7H2,1H3,(H,15,16). The predicted octanol–water partition coefficient (Wildman–Crippen LogP) is 1.45. The molecule has 1 aliphatic heterocycles. The molecular formula is C12H14ClNO5S. The van der Waals surface area contributed by atoms with Crippen molar-refractivity contribution in [3.8, 4) is 0 Å². The lowest BCUT2D eigenvalue weighted by Crippen LogP contribution is -2.30. The number of hydrogen-bond donors (Lipinski definition) is 1. The van der Waals surface area contributed by atoms with E-state index in [2.05, 4.69) is 0 Å². The van der Waals surface area contributed by atoms with Crippen LogP contribution < -0.4 is 0 Å². The molecule has 0 aromatic heterocycles. The fraction of sp³-hybridized carbons (Fsp3) is 0.417. The van der Waals surface area contributed by atoms with Gasteiger partial charge in [-0.25, -0.2) is 13.2 Å². The first-order valence-electron chi connectivity index (χ1n) is 5.92. The van der Waals surface area contributed by atoms with Gasteiger partial charge in [0.25, 0.3) is 0 Å². The van der Waals surface area contributed by atoms with E-state index >= 15 is 0 Å². The first kappa shape index (κ1) is 15.2. The molecule has 110 valence electrons. The zero-order valence-electron chi connectivity index (χ0n) is 10.7. The molecule has 0 aliphatic carbocycles. The molecule has 0 spiro atoms. The summed E-state index contributed by atoms with van der Waals surface area (Å²) < 4.78 is 31.4. The second-order valence-electron chi connectivity index (χ2n) is 4.46. The van der Waals surface area contributed by atoms with Crippen LogP contribution in [0.25, 0.3) is 0 Å². The normalized spacial score (nSPS) is 20.2. The monoisotopic (exact) mass is 319 g/mol. The Bertz CT molecular complexity index is 631. The number of methoxy groups -OCH3 is 1. The lowest BCUT2D eigenvalue weighted by atomic mass is 10.2. The van der Waals surface area contributed by atoms with Gasteiger partial charge < -0.3 is 9.84 Å². The van der Waals surface area contributed by atoms with Crippen molar-refractivity contribution in [3.63, 3.8) is 0 Å². The number of halogens is 1. The molecular weight excluding hydrogens is 306 g/mol. The lowest BCUT2D eigenvalue weighted by Gasteiger charge is -2.17. The van der Waals surface area contributed by atoms with Crippen LogP contribution in [-0.4, -0.2) is 50.1 Å². The first-order valence-corrected chi connectivity index (χ1v) is 7.74. The summed E-state index contributed by atoms with van der Waals surface area (Å²) in [6, 6.07) is 3.63. The Balaban J connectivity index is 2.39. The molecule has 1 aromatic rings. The molecule has 1 aromatic carbocycles. The van der Waals surface area contributed by atoms with Gasteiger partial charge in [-0.1, -0.05) is 11.6 Å². The van der Waals surface area contributed by atoms with E-state index in [1.165, 1.54) is 23.5 Å². The van der Waals surface area contributed by atoms with Crippen LogP contribution in [0.4, 0.5) is 0 Å². The Morgan fingerprint density at radius 1 is 1.50 bits per heavy atom. The van der Waals surface area contributed by atoms with Crippen LogP contribution in [0.1, 0.15) is 16.8 Å². The van der Waals surface area contributed by atoms with Crippen molar-refractivity contribution >= 4 is 27.6 Å². The lowest BCUT2D eigenvalue weighted by molar-refractivity contribution is 0.0696. The summed E-state index contributed by atoms with van der Waals surface area (Å²) in [5.41, 5.74) is -0.115. The summed E-state index contributed by atoms with van der Waals surface area (Å²) >= 11 is 5.90. The number of benzene rings is 1. The molecule has 1 N–H and O–H groups in total. The van der Waals surface area contributed by atoms with E-state index in [-0.39, 0.29) is 28.1 Å². The van der Waals surface area contributed by atoms with Crippen LogP contribution in [0.5, 0.6) is 0 Å². The van der Waals surface area contributed by atoms with E-state index in [1.54, 1.807) is 0 Å². The summed E-state index contributed by atoms with van der Waals surface area (Å²) in [5.74, 6) is -1.20. The maximum absolute atomic E-state index is 12.5. The first-order chi connectivity index (χ1) is 9.36. The topological polar surface area (TPSA) is 83.9 Å². The van der Waals surface area contributed by atoms with Crippen molar-refractivity contribution in [1.29, 1.82) is 0 Å². The van der Waals surface area contributed by atoms with E-state index < -0.39 is 16.0 Å². The van der Waals surface area contributed by atoms with Crippen molar-refractivity contribution < 1.29 is 23.1 Å². The van der Waals surface area contributed by atoms with Gasteiger partial charge in [-0.15, -0.1) is 0 Å². The largest absolute Gasteiger partial charge is 0.478 e. The van der Waals surface area contributed by atoms with Crippen molar-refractivity contribution in [2.45, 2.75) is 17.4 Å². The van der Waals surface area contributed by atoms with Crippen molar-refractivity contribution in [2.24, 2.45) is 0 Å². The van der Waals surface area contributed by atoms with Crippen LogP contribution in [-0.2, 0) is 14.8 Å². The highest BCUT2D eigenvalue weighted by Crippen LogP contribution is 2.28. The molecule has 0 bridgehead atoms. The highest BCUT2D eigenvalue weighted by Gasteiger charge is 2.34. The van der Waals surface area contributed by atoms with Gasteiger partial charge in [0, 0.05) is 20.2 Å². The van der Waals surface area contributed by atoms with Crippen molar-refractivity contribution in [2.75, 3.05) is 20.2 Å². The number of carboxylic acid groups (broad SMARTS) is 1. The van der Waals surface area contributed by atoms with Gasteiger partial charge in [-0.2, -0.15) is 4.31 Å². The molecule has 1 atom stereocenters. The second-order valence-corrected chi connectivity index (χ2v) is 6.77. The highest BCUT2D eigenvalue weighted by atomic mass is 35.5. The molecule has 1 fully saturated rings. The van der Waals surface area contributed by atoms with Crippen LogP contribution in [0.15, 0.2) is 23.1 Å². The van der Waals surface area contributed by atoms with Crippen LogP contribution >= 0.6 is 11.6 Å². The van der Waals surface area contributed by atoms with Crippen LogP contribution in [0, 0.1) is 0 Å². The Kier molecular flexibility index (Phi) is 4.33. The molecule has 1 unspecified atom stereocenters. The minimum atomic E-state index is -3.81. The Morgan fingerprint density at radius 2 is 2.20 bits per heavy atom. The third-order valence-electron chi connectivity index (χ3n) is 3.24. The van der Waals surface area contributed by atoms with Gasteiger partial charge in [-0.05, 0) is 24.6 Å². The van der Waals surface area contributed by atoms with Gasteiger partial charge in [0.1, 0.15) is 4.90 Å². The maximum Gasteiger partial charge on any atom is 0.335 e. The number of ether oxygens (including phenoxy) is 1. The summed E-state index contributed by atoms with van der Waals surface area (Å²) in [5, 5.41) is 8.95. The van der Waals surface area contributed by atoms with E-state index in [9.17, 15) is 13.2 Å². The number of rotatable bonds is 4. The molecule has 2 rings (SSSR count). The SMILES string of the molecule is COC1CCN(S(=O)(=O)c2cc(C(=O)O)ccc2Cl)C1. The Labute approximate surface area is 122 Å². The third kappa shape index (κ3) is 2.80. The quantitative estimate of drug-likeness (QED) is 0.908. The van der Waals surface area contributed by atoms with E-state index in [0.29, 0.717) is 13.0 Å². The van der Waals surface area contributed by atoms with Crippen molar-refractivity contribution in [3.05, 3.63) is 28.8 Å². The average molecular weight is 320 g/mol. The minimum absolute atomic E-state index is 0.0101. The van der Waals surface area contributed by atoms with Gasteiger partial charge in [-0.3, -0.25) is 0 Å². The molecule has 0 amide bonds. The second kappa shape index (κ2) is 5.69. The zero-order valence-corrected chi connectivity index (χ0v) is 12.3. The molecule has 6 nitrogen and oxygen atoms in total. The Hall–Kier alpha value is -1.15. The number of nitrogens with zero attached hydrogens (tertiary/aromatic N) is 1. The molecule has 0 saturated carbocycles. The number of sulfonamides is 1. The smallest absolute Gasteiger partial charge is 0.335 e. The van der Waals surface area contributed by atoms with E-state index in [1.807, 2.05) is 0 Å². The van der Waals surface area contributed by atoms with E-state index in [4.69, 9.17) is 21.4 Å². The molecule has 0 radical (unpaired) electrons. The highest BCUT2D eigenvalue weighted by molar-refractivity contribution is 7.89. The predicted molar refractivity (Wildman–Crippen MR) is 72.6 cm³/mol. The molecule has 8 heteroatoms. The summed E-state index contributed by atoms with van der Waals surface area (Å²) in [4.78, 5) is 10.8. The van der Waals surface area contributed by atoms with Crippen LogP contribution in [0.2, 0.25) is 5.02 Å². The fourth-order valence-electron chi connectivity index (χ4n) is 2.08. The molecule has 1 heterocycles. The number of hydrogen-bond acceptors (Lipinski definition) is 4. The Morgan fingerprint density at radius 3 is 2.75 bits per heavy atom. The minimum Gasteiger partial charge on any atom is -0.478 e. The summed E-state index contributed by atoms with van der Waals surface area (Å²) in [7, 11) is -2.28. The van der Waals surface area contributed by atoms with Gasteiger partial charge in [0.2, 0.25) is 10.0 Å². The summed E-state index contributed by atoms with van der Waals surface area (Å²) in [6.45, 7) is 0.570. The molecule has 20 heavy (non-hydrogen) atoms. The zero-order chi connectivity index (χ0) is 14.9. The van der Waals surface area contributed by atoms with Gasteiger partial charge >= 0.3 is 5.97 Å². The average Bonchev–Trinajstić information content (AvgIpc) is 2.88. The third-order valence-corrected chi connectivity index (χ3v) is 5.58. The summed E-state index contributed by atoms with van der Waals surface area (Å²) in [6.07, 6.45) is 0.456. The maximum atomic E-state index is 12.5. The molecule has 1 aliphatic rings.